The van der Waals surface area contributed by atoms with Gasteiger partial charge in [0.15, 0.2) is 0 Å². The average molecular weight is 367 g/mol. The Kier molecular flexibility index (Phi) is 5.55. The van der Waals surface area contributed by atoms with E-state index in [1.807, 2.05) is 0 Å². The molecule has 0 amide bonds. The van der Waals surface area contributed by atoms with Crippen molar-refractivity contribution in [2.24, 2.45) is 14.1 Å². The molecule has 0 aliphatic rings. The van der Waals surface area contributed by atoms with E-state index in [1.165, 1.54) is 36.9 Å². The molecule has 1 heterocycles. The number of carbonyl (C=O) groups excluding carboxylic acids is 1. The summed E-state index contributed by atoms with van der Waals surface area (Å²) in [6.45, 7) is -0.899. The predicted molar refractivity (Wildman–Crippen MR) is 88.4 cm³/mol. The lowest BCUT2D eigenvalue weighted by Crippen LogP contribution is -2.38. The zero-order chi connectivity index (χ0) is 18.6. The molecule has 2 rings (SSSR count). The van der Waals surface area contributed by atoms with Crippen LogP contribution < -0.4 is 16.0 Å². The van der Waals surface area contributed by atoms with Crippen molar-refractivity contribution < 1.29 is 17.9 Å². The van der Waals surface area contributed by atoms with Gasteiger partial charge in [0, 0.05) is 20.2 Å². The molecule has 0 saturated heterocycles. The fraction of sp³-hybridized carbons (Fsp3) is 0.267. The molecule has 1 aromatic carbocycles. The first-order valence-electron chi connectivity index (χ1n) is 7.18. The van der Waals surface area contributed by atoms with Crippen LogP contribution in [0, 0.1) is 0 Å². The first-order valence-corrected chi connectivity index (χ1v) is 8.67. The number of esters is 1. The molecule has 0 atom stereocenters. The van der Waals surface area contributed by atoms with Crippen LogP contribution in [0.4, 0.5) is 0 Å². The van der Waals surface area contributed by atoms with Crippen LogP contribution in [-0.4, -0.2) is 30.1 Å². The summed E-state index contributed by atoms with van der Waals surface area (Å²) in [5, 5.41) is 0. The fourth-order valence-electron chi connectivity index (χ4n) is 1.96. The number of nitrogens with zero attached hydrogens (tertiary/aromatic N) is 2. The summed E-state index contributed by atoms with van der Waals surface area (Å²) in [5.41, 5.74) is -0.880. The summed E-state index contributed by atoms with van der Waals surface area (Å²) in [6.07, 6.45) is 0. The number of aromatic nitrogens is 2. The minimum absolute atomic E-state index is 0.0248. The molecule has 0 bridgehead atoms. The van der Waals surface area contributed by atoms with E-state index in [1.54, 1.807) is 18.2 Å². The Hall–Kier alpha value is -2.72. The van der Waals surface area contributed by atoms with Crippen LogP contribution in [0.3, 0.4) is 0 Å². The van der Waals surface area contributed by atoms with Crippen LogP contribution in [0.15, 0.2) is 50.9 Å². The number of carbonyl (C=O) groups is 1. The van der Waals surface area contributed by atoms with Gasteiger partial charge in [0.25, 0.3) is 5.56 Å². The van der Waals surface area contributed by atoms with E-state index in [0.29, 0.717) is 0 Å². The van der Waals surface area contributed by atoms with Crippen LogP contribution >= 0.6 is 0 Å². The summed E-state index contributed by atoms with van der Waals surface area (Å²) in [5.74, 6) is -0.840. The third-order valence-corrected chi connectivity index (χ3v) is 4.88. The number of hydrogen-bond donors (Lipinski definition) is 1. The molecule has 0 aliphatic heterocycles. The molecule has 0 aliphatic carbocycles. The van der Waals surface area contributed by atoms with Crippen LogP contribution in [-0.2, 0) is 40.3 Å². The monoisotopic (exact) mass is 367 g/mol. The van der Waals surface area contributed by atoms with E-state index in [4.69, 9.17) is 4.74 Å². The number of rotatable bonds is 6. The molecule has 2 aromatic rings. The molecule has 1 aromatic heterocycles. The van der Waals surface area contributed by atoms with Crippen molar-refractivity contribution in [2.45, 2.75) is 11.5 Å². The van der Waals surface area contributed by atoms with Crippen molar-refractivity contribution in [3.63, 3.8) is 0 Å². The SMILES string of the molecule is Cn1c(COC(=O)CNS(=O)(=O)c2ccccc2)cc(=O)n(C)c1=O. The highest BCUT2D eigenvalue weighted by Crippen LogP contribution is 2.06. The predicted octanol–water partition coefficient (Wildman–Crippen LogP) is -0.894. The minimum atomic E-state index is -3.82. The number of nitrogens with one attached hydrogen (secondary N) is 1. The molecule has 1 N–H and O–H groups in total. The molecule has 0 spiro atoms. The second-order valence-electron chi connectivity index (χ2n) is 5.17. The van der Waals surface area contributed by atoms with Gasteiger partial charge in [0.2, 0.25) is 10.0 Å². The molecular weight excluding hydrogens is 350 g/mol. The Balaban J connectivity index is 1.98. The average Bonchev–Trinajstić information content (AvgIpc) is 2.61. The molecule has 10 heteroatoms. The Morgan fingerprint density at radius 3 is 2.40 bits per heavy atom. The van der Waals surface area contributed by atoms with Gasteiger partial charge in [-0.05, 0) is 12.1 Å². The lowest BCUT2D eigenvalue weighted by molar-refractivity contribution is -0.143. The maximum absolute atomic E-state index is 12.0. The number of sulfonamides is 1. The highest BCUT2D eigenvalue weighted by atomic mass is 32.2. The largest absolute Gasteiger partial charge is 0.458 e. The first-order chi connectivity index (χ1) is 11.7. The Labute approximate surface area is 143 Å². The van der Waals surface area contributed by atoms with Crippen molar-refractivity contribution in [3.05, 3.63) is 62.9 Å². The van der Waals surface area contributed by atoms with E-state index in [2.05, 4.69) is 4.72 Å². The number of benzene rings is 1. The Bertz CT molecular complexity index is 992. The molecule has 9 nitrogen and oxygen atoms in total. The Morgan fingerprint density at radius 2 is 1.76 bits per heavy atom. The van der Waals surface area contributed by atoms with Gasteiger partial charge < -0.3 is 4.74 Å². The zero-order valence-corrected chi connectivity index (χ0v) is 14.4. The Morgan fingerprint density at radius 1 is 1.12 bits per heavy atom. The number of ether oxygens (including phenoxy) is 1. The van der Waals surface area contributed by atoms with Gasteiger partial charge in [-0.15, -0.1) is 0 Å². The maximum atomic E-state index is 12.0. The lowest BCUT2D eigenvalue weighted by atomic mass is 10.4. The summed E-state index contributed by atoms with van der Waals surface area (Å²) >= 11 is 0. The second-order valence-corrected chi connectivity index (χ2v) is 6.94. The third-order valence-electron chi connectivity index (χ3n) is 3.47. The van der Waals surface area contributed by atoms with Crippen molar-refractivity contribution in [3.8, 4) is 0 Å². The summed E-state index contributed by atoms with van der Waals surface area (Å²) in [4.78, 5) is 35.1. The van der Waals surface area contributed by atoms with Crippen molar-refractivity contribution in [1.82, 2.24) is 13.9 Å². The van der Waals surface area contributed by atoms with E-state index in [-0.39, 0.29) is 17.2 Å². The summed E-state index contributed by atoms with van der Waals surface area (Å²) in [7, 11) is -1.06. The first kappa shape index (κ1) is 18.6. The van der Waals surface area contributed by atoms with Gasteiger partial charge in [-0.25, -0.2) is 13.2 Å². The standard InChI is InChI=1S/C15H17N3O6S/c1-17-11(8-13(19)18(2)15(17)21)10-24-14(20)9-16-25(22,23)12-6-4-3-5-7-12/h3-8,16H,9-10H2,1-2H3. The highest BCUT2D eigenvalue weighted by Gasteiger charge is 2.16. The lowest BCUT2D eigenvalue weighted by Gasteiger charge is -2.10. The van der Waals surface area contributed by atoms with Crippen molar-refractivity contribution >= 4 is 16.0 Å². The maximum Gasteiger partial charge on any atom is 0.330 e. The quantitative estimate of drug-likeness (QED) is 0.662. The second kappa shape index (κ2) is 7.45. The van der Waals surface area contributed by atoms with Crippen LogP contribution in [0.2, 0.25) is 0 Å². The minimum Gasteiger partial charge on any atom is -0.458 e. The van der Waals surface area contributed by atoms with Crippen LogP contribution in [0.5, 0.6) is 0 Å². The molecule has 134 valence electrons. The van der Waals surface area contributed by atoms with E-state index in [0.717, 1.165) is 4.57 Å². The molecule has 0 saturated carbocycles. The van der Waals surface area contributed by atoms with Crippen LogP contribution in [0.1, 0.15) is 5.69 Å². The van der Waals surface area contributed by atoms with Gasteiger partial charge in [0.05, 0.1) is 10.6 Å². The van der Waals surface area contributed by atoms with Gasteiger partial charge in [-0.1, -0.05) is 18.2 Å². The van der Waals surface area contributed by atoms with Gasteiger partial charge >= 0.3 is 11.7 Å². The smallest absolute Gasteiger partial charge is 0.330 e. The topological polar surface area (TPSA) is 116 Å². The summed E-state index contributed by atoms with van der Waals surface area (Å²) in [6, 6.07) is 8.74. The van der Waals surface area contributed by atoms with Crippen molar-refractivity contribution in [1.29, 1.82) is 0 Å². The molecule has 0 radical (unpaired) electrons. The molecular formula is C15H17N3O6S. The zero-order valence-electron chi connectivity index (χ0n) is 13.6. The third kappa shape index (κ3) is 4.43. The van der Waals surface area contributed by atoms with E-state index >= 15 is 0 Å². The van der Waals surface area contributed by atoms with Crippen molar-refractivity contribution in [2.75, 3.05) is 6.54 Å². The fourth-order valence-corrected chi connectivity index (χ4v) is 2.95. The normalized spacial score (nSPS) is 11.3. The van der Waals surface area contributed by atoms with Gasteiger partial charge in [0.1, 0.15) is 13.2 Å². The molecule has 0 fully saturated rings. The van der Waals surface area contributed by atoms with Gasteiger partial charge in [-0.3, -0.25) is 18.7 Å². The molecule has 0 unspecified atom stereocenters. The van der Waals surface area contributed by atoms with E-state index < -0.39 is 33.8 Å². The van der Waals surface area contributed by atoms with Gasteiger partial charge in [-0.2, -0.15) is 4.72 Å². The van der Waals surface area contributed by atoms with E-state index in [9.17, 15) is 22.8 Å². The highest BCUT2D eigenvalue weighted by molar-refractivity contribution is 7.89. The number of hydrogen-bond acceptors (Lipinski definition) is 6. The summed E-state index contributed by atoms with van der Waals surface area (Å²) < 4.78 is 33.1. The van der Waals surface area contributed by atoms with Crippen LogP contribution in [0.25, 0.3) is 0 Å². The molecule has 25 heavy (non-hydrogen) atoms.